The molecule has 5 nitrogen and oxygen atoms in total. The van der Waals surface area contributed by atoms with Crippen molar-refractivity contribution in [2.45, 2.75) is 20.5 Å². The van der Waals surface area contributed by atoms with Gasteiger partial charge in [0, 0.05) is 5.69 Å². The summed E-state index contributed by atoms with van der Waals surface area (Å²) in [5.74, 6) is 0.679. The highest BCUT2D eigenvalue weighted by Crippen LogP contribution is 2.35. The molecule has 0 aliphatic heterocycles. The highest BCUT2D eigenvalue weighted by Gasteiger charge is 2.15. The molecule has 4 aromatic rings. The second kappa shape index (κ2) is 11.3. The molecule has 0 heterocycles. The third kappa shape index (κ3) is 5.69. The van der Waals surface area contributed by atoms with Gasteiger partial charge in [-0.1, -0.05) is 54.6 Å². The summed E-state index contributed by atoms with van der Waals surface area (Å²) in [4.78, 5) is 12.8. The van der Waals surface area contributed by atoms with Crippen LogP contribution in [0.3, 0.4) is 0 Å². The van der Waals surface area contributed by atoms with Crippen molar-refractivity contribution in [2.75, 3.05) is 12.4 Å². The van der Waals surface area contributed by atoms with E-state index in [0.717, 1.165) is 31.0 Å². The van der Waals surface area contributed by atoms with Crippen LogP contribution in [0, 0.1) is 28.7 Å². The smallest absolute Gasteiger partial charge is 0.266 e. The van der Waals surface area contributed by atoms with Gasteiger partial charge in [-0.25, -0.2) is 0 Å². The Morgan fingerprint density at radius 3 is 2.61 bits per heavy atom. The van der Waals surface area contributed by atoms with Crippen molar-refractivity contribution in [2.24, 2.45) is 0 Å². The van der Waals surface area contributed by atoms with Gasteiger partial charge in [0.1, 0.15) is 18.2 Å². The molecule has 1 N–H and O–H groups in total. The number of ether oxygens (including phenoxy) is 2. The third-order valence-corrected chi connectivity index (χ3v) is 6.62. The number of methoxy groups -OCH3 is 1. The second-order valence-corrected chi connectivity index (χ2v) is 9.57. The maximum absolute atomic E-state index is 12.8. The lowest BCUT2D eigenvalue weighted by atomic mass is 10.1. The number of nitriles is 1. The SMILES string of the molecule is COc1cc(/C=C(\C#N)C(=O)Nc2cc(C)ccc2C)cc(I)c1OCc1cccc2ccccc12. The van der Waals surface area contributed by atoms with Gasteiger partial charge in [-0.05, 0) is 93.7 Å². The van der Waals surface area contributed by atoms with Crippen molar-refractivity contribution >= 4 is 51.0 Å². The number of anilines is 1. The van der Waals surface area contributed by atoms with Gasteiger partial charge >= 0.3 is 0 Å². The van der Waals surface area contributed by atoms with E-state index >= 15 is 0 Å². The maximum atomic E-state index is 12.8. The van der Waals surface area contributed by atoms with Gasteiger partial charge < -0.3 is 14.8 Å². The van der Waals surface area contributed by atoms with Crippen molar-refractivity contribution in [1.82, 2.24) is 0 Å². The molecule has 0 saturated carbocycles. The normalized spacial score (nSPS) is 11.1. The Balaban J connectivity index is 1.58. The Kier molecular flexibility index (Phi) is 7.91. The summed E-state index contributed by atoms with van der Waals surface area (Å²) < 4.78 is 12.6. The highest BCUT2D eigenvalue weighted by atomic mass is 127. The fraction of sp³-hybridized carbons (Fsp3) is 0.133. The first-order chi connectivity index (χ1) is 17.4. The van der Waals surface area contributed by atoms with E-state index in [1.807, 2.05) is 68.4 Å². The highest BCUT2D eigenvalue weighted by molar-refractivity contribution is 14.1. The monoisotopic (exact) mass is 588 g/mol. The molecule has 0 atom stereocenters. The summed E-state index contributed by atoms with van der Waals surface area (Å²) in [6.07, 6.45) is 1.56. The molecule has 1 amide bonds. The van der Waals surface area contributed by atoms with Crippen LogP contribution in [0.5, 0.6) is 11.5 Å². The molecule has 6 heteroatoms. The number of hydrogen-bond donors (Lipinski definition) is 1. The first-order valence-electron chi connectivity index (χ1n) is 11.4. The quantitative estimate of drug-likeness (QED) is 0.141. The van der Waals surface area contributed by atoms with Crippen LogP contribution in [0.15, 0.2) is 78.4 Å². The van der Waals surface area contributed by atoms with Gasteiger partial charge in [-0.15, -0.1) is 0 Å². The lowest BCUT2D eigenvalue weighted by Gasteiger charge is -2.15. The van der Waals surface area contributed by atoms with Crippen LogP contribution in [0.25, 0.3) is 16.8 Å². The topological polar surface area (TPSA) is 71.3 Å². The van der Waals surface area contributed by atoms with Crippen molar-refractivity contribution in [1.29, 1.82) is 5.26 Å². The van der Waals surface area contributed by atoms with E-state index in [2.05, 4.69) is 46.1 Å². The first kappa shape index (κ1) is 25.3. The number of fused-ring (bicyclic) bond motifs is 1. The Bertz CT molecular complexity index is 1510. The molecular weight excluding hydrogens is 563 g/mol. The minimum atomic E-state index is -0.462. The number of rotatable bonds is 7. The van der Waals surface area contributed by atoms with E-state index in [1.54, 1.807) is 19.3 Å². The van der Waals surface area contributed by atoms with E-state index in [4.69, 9.17) is 9.47 Å². The summed E-state index contributed by atoms with van der Waals surface area (Å²) in [5.41, 5.74) is 4.38. The molecule has 0 aliphatic carbocycles. The fourth-order valence-electron chi connectivity index (χ4n) is 3.91. The molecule has 36 heavy (non-hydrogen) atoms. The Morgan fingerprint density at radius 2 is 1.83 bits per heavy atom. The van der Waals surface area contributed by atoms with Crippen LogP contribution >= 0.6 is 22.6 Å². The first-order valence-corrected chi connectivity index (χ1v) is 12.4. The van der Waals surface area contributed by atoms with E-state index in [9.17, 15) is 10.1 Å². The summed E-state index contributed by atoms with van der Waals surface area (Å²) >= 11 is 2.18. The largest absolute Gasteiger partial charge is 0.493 e. The Hall–Kier alpha value is -3.83. The minimum absolute atomic E-state index is 0.00168. The minimum Gasteiger partial charge on any atom is -0.493 e. The zero-order valence-corrected chi connectivity index (χ0v) is 22.4. The molecule has 0 spiro atoms. The molecule has 0 radical (unpaired) electrons. The summed E-state index contributed by atoms with van der Waals surface area (Å²) in [6, 6.07) is 25.8. The molecule has 0 fully saturated rings. The molecular formula is C30H25IN2O3. The van der Waals surface area contributed by atoms with E-state index in [1.165, 1.54) is 0 Å². The summed E-state index contributed by atoms with van der Waals surface area (Å²) in [6.45, 7) is 4.24. The number of nitrogens with one attached hydrogen (secondary N) is 1. The zero-order valence-electron chi connectivity index (χ0n) is 20.3. The van der Waals surface area contributed by atoms with Crippen LogP contribution in [0.2, 0.25) is 0 Å². The average Bonchev–Trinajstić information content (AvgIpc) is 2.88. The number of nitrogens with zero attached hydrogens (tertiary/aromatic N) is 1. The molecule has 4 rings (SSSR count). The zero-order chi connectivity index (χ0) is 25.7. The summed E-state index contributed by atoms with van der Waals surface area (Å²) in [7, 11) is 1.57. The summed E-state index contributed by atoms with van der Waals surface area (Å²) in [5, 5.41) is 14.8. The number of aryl methyl sites for hydroxylation is 2. The van der Waals surface area contributed by atoms with Crippen LogP contribution in [-0.4, -0.2) is 13.0 Å². The predicted octanol–water partition coefficient (Wildman–Crippen LogP) is 7.19. The lowest BCUT2D eigenvalue weighted by Crippen LogP contribution is -2.14. The number of amides is 1. The van der Waals surface area contributed by atoms with Gasteiger partial charge in [0.05, 0.1) is 10.7 Å². The van der Waals surface area contributed by atoms with Crippen molar-refractivity contribution in [3.05, 3.63) is 104 Å². The number of benzene rings is 4. The van der Waals surface area contributed by atoms with Crippen LogP contribution < -0.4 is 14.8 Å². The van der Waals surface area contributed by atoms with Crippen molar-refractivity contribution in [3.8, 4) is 17.6 Å². The fourth-order valence-corrected chi connectivity index (χ4v) is 4.69. The van der Waals surface area contributed by atoms with Crippen LogP contribution in [0.4, 0.5) is 5.69 Å². The van der Waals surface area contributed by atoms with Gasteiger partial charge in [0.2, 0.25) is 0 Å². The predicted molar refractivity (Wildman–Crippen MR) is 152 cm³/mol. The van der Waals surface area contributed by atoms with Gasteiger partial charge in [-0.2, -0.15) is 5.26 Å². The van der Waals surface area contributed by atoms with Gasteiger partial charge in [0.25, 0.3) is 5.91 Å². The van der Waals surface area contributed by atoms with Crippen molar-refractivity contribution in [3.63, 3.8) is 0 Å². The Labute approximate surface area is 224 Å². The number of halogens is 1. The second-order valence-electron chi connectivity index (χ2n) is 8.40. The molecule has 0 aromatic heterocycles. The van der Waals surface area contributed by atoms with E-state index in [0.29, 0.717) is 29.4 Å². The third-order valence-electron chi connectivity index (χ3n) is 5.82. The maximum Gasteiger partial charge on any atom is 0.266 e. The van der Waals surface area contributed by atoms with Gasteiger partial charge in [-0.3, -0.25) is 4.79 Å². The van der Waals surface area contributed by atoms with Crippen LogP contribution in [0.1, 0.15) is 22.3 Å². The van der Waals surface area contributed by atoms with Crippen LogP contribution in [-0.2, 0) is 11.4 Å². The molecule has 4 aromatic carbocycles. The van der Waals surface area contributed by atoms with Gasteiger partial charge in [0.15, 0.2) is 11.5 Å². The molecule has 0 unspecified atom stereocenters. The number of hydrogen-bond acceptors (Lipinski definition) is 4. The van der Waals surface area contributed by atoms with E-state index < -0.39 is 5.91 Å². The molecule has 180 valence electrons. The van der Waals surface area contributed by atoms with Crippen molar-refractivity contribution < 1.29 is 14.3 Å². The number of carbonyl (C=O) groups is 1. The lowest BCUT2D eigenvalue weighted by molar-refractivity contribution is -0.112. The molecule has 0 saturated heterocycles. The number of carbonyl (C=O) groups excluding carboxylic acids is 1. The molecule has 0 aliphatic rings. The Morgan fingerprint density at radius 1 is 1.06 bits per heavy atom. The molecule has 0 bridgehead atoms. The average molecular weight is 588 g/mol. The standard InChI is InChI=1S/C30H25IN2O3/c1-19-11-12-20(2)27(13-19)33-30(34)24(17-32)14-21-15-26(31)29(28(16-21)35-3)36-18-23-9-6-8-22-7-4-5-10-25(22)23/h4-16H,18H2,1-3H3,(H,33,34)/b24-14+. The van der Waals surface area contributed by atoms with E-state index in [-0.39, 0.29) is 5.57 Å².